The predicted molar refractivity (Wildman–Crippen MR) is 216 cm³/mol. The van der Waals surface area contributed by atoms with Crippen molar-refractivity contribution in [3.05, 3.63) is 103 Å². The van der Waals surface area contributed by atoms with Crippen LogP contribution in [0.1, 0.15) is 53.1 Å². The van der Waals surface area contributed by atoms with Crippen LogP contribution in [0.5, 0.6) is 11.5 Å². The first-order valence-electron chi connectivity index (χ1n) is 19.6. The van der Waals surface area contributed by atoms with Crippen LogP contribution in [-0.2, 0) is 43.2 Å². The highest BCUT2D eigenvalue weighted by Crippen LogP contribution is 2.41. The standard InChI is InChI=1S/C44H48F2N6O6/c1-25-26(2)42(55)48(3)22-32(25)30-19-36(57-5)33(37(20-30)58-6)23-50-16-15-38(44(45,46)24-50)51-17-14-27-18-28(10-11-29(27)21-51)31-8-7-9-34-40(31)49(4)43(56)52(34)35-12-13-39(53)47-41(35)54/h7-11,18-20,22,35,38H,12-17,21,23-24H2,1-6H3,(H,47,53,54)/t35-,38-/m0/s1. The van der Waals surface area contributed by atoms with Gasteiger partial charge in [-0.3, -0.25) is 38.6 Å². The fourth-order valence-corrected chi connectivity index (χ4v) is 9.28. The molecule has 2 atom stereocenters. The predicted octanol–water partition coefficient (Wildman–Crippen LogP) is 5.25. The molecule has 0 unspecified atom stereocenters. The number of hydrogen-bond acceptors (Lipinski definition) is 8. The van der Waals surface area contributed by atoms with Gasteiger partial charge in [0, 0.05) is 69.6 Å². The quantitative estimate of drug-likeness (QED) is 0.212. The molecule has 2 amide bonds. The number of nitrogens with zero attached hydrogens (tertiary/aromatic N) is 5. The lowest BCUT2D eigenvalue weighted by Crippen LogP contribution is -2.58. The van der Waals surface area contributed by atoms with Crippen molar-refractivity contribution in [2.45, 2.75) is 70.6 Å². The maximum atomic E-state index is 16.2. The Hall–Kier alpha value is -5.60. The summed E-state index contributed by atoms with van der Waals surface area (Å²) < 4.78 is 48.6. The smallest absolute Gasteiger partial charge is 0.329 e. The Morgan fingerprint density at radius 3 is 2.28 bits per heavy atom. The second kappa shape index (κ2) is 15.0. The summed E-state index contributed by atoms with van der Waals surface area (Å²) in [5.41, 5.74) is 8.54. The third-order valence-electron chi connectivity index (χ3n) is 12.5. The normalized spacial score (nSPS) is 19.9. The number of para-hydroxylation sites is 1. The average molecular weight is 795 g/mol. The second-order valence-electron chi connectivity index (χ2n) is 15.9. The molecule has 12 nitrogen and oxygen atoms in total. The second-order valence-corrected chi connectivity index (χ2v) is 15.9. The van der Waals surface area contributed by atoms with Crippen molar-refractivity contribution in [1.82, 2.24) is 28.8 Å². The average Bonchev–Trinajstić information content (AvgIpc) is 3.46. The van der Waals surface area contributed by atoms with Crippen LogP contribution < -0.4 is 26.0 Å². The molecule has 5 aromatic rings. The van der Waals surface area contributed by atoms with Gasteiger partial charge >= 0.3 is 5.69 Å². The molecular formula is C44H48F2N6O6. The van der Waals surface area contributed by atoms with Crippen LogP contribution in [0.3, 0.4) is 0 Å². The number of benzene rings is 3. The number of pyridine rings is 1. The minimum Gasteiger partial charge on any atom is -0.496 e. The molecule has 3 aliphatic rings. The van der Waals surface area contributed by atoms with Gasteiger partial charge in [0.15, 0.2) is 0 Å². The summed E-state index contributed by atoms with van der Waals surface area (Å²) in [6.07, 6.45) is 3.09. The number of methoxy groups -OCH3 is 2. The van der Waals surface area contributed by atoms with Crippen molar-refractivity contribution in [1.29, 1.82) is 0 Å². The number of fused-ring (bicyclic) bond motifs is 2. The number of likely N-dealkylation sites (tertiary alicyclic amines) is 1. The van der Waals surface area contributed by atoms with Gasteiger partial charge in [0.1, 0.15) is 17.5 Å². The zero-order chi connectivity index (χ0) is 41.2. The zero-order valence-electron chi connectivity index (χ0n) is 33.7. The van der Waals surface area contributed by atoms with Crippen LogP contribution >= 0.6 is 0 Å². The molecule has 2 aromatic heterocycles. The SMILES string of the molecule is COc1cc(-c2cn(C)c(=O)c(C)c2C)cc(OC)c1CN1CC[C@H](N2CCc3cc(-c4cccc5c4n(C)c(=O)n5[C@H]4CCC(=O)NC4=O)ccc3C2)C(F)(F)C1. The highest BCUT2D eigenvalue weighted by atomic mass is 19.3. The fraction of sp³-hybridized carbons (Fsp3) is 0.409. The van der Waals surface area contributed by atoms with Gasteiger partial charge < -0.3 is 14.0 Å². The highest BCUT2D eigenvalue weighted by Gasteiger charge is 2.48. The van der Waals surface area contributed by atoms with Crippen LogP contribution in [0.2, 0.25) is 0 Å². The first-order chi connectivity index (χ1) is 27.7. The summed E-state index contributed by atoms with van der Waals surface area (Å²) in [6.45, 7) is 4.87. The maximum absolute atomic E-state index is 16.2. The minimum atomic E-state index is -2.98. The van der Waals surface area contributed by atoms with E-state index in [1.54, 1.807) is 55.5 Å². The lowest BCUT2D eigenvalue weighted by atomic mass is 9.91. The van der Waals surface area contributed by atoms with Crippen molar-refractivity contribution < 1.29 is 27.8 Å². The van der Waals surface area contributed by atoms with Crippen molar-refractivity contribution in [2.75, 3.05) is 33.9 Å². The number of carbonyl (C=O) groups is 2. The van der Waals surface area contributed by atoms with E-state index in [2.05, 4.69) is 11.4 Å². The molecular weight excluding hydrogens is 747 g/mol. The number of piperidine rings is 2. The number of alkyl halides is 2. The Morgan fingerprint density at radius 1 is 0.845 bits per heavy atom. The Balaban J connectivity index is 0.992. The number of rotatable bonds is 8. The Morgan fingerprint density at radius 2 is 1.59 bits per heavy atom. The van der Waals surface area contributed by atoms with Gasteiger partial charge in [0.25, 0.3) is 11.5 Å². The molecule has 3 aromatic carbocycles. The molecule has 1 N–H and O–H groups in total. The minimum absolute atomic E-state index is 0.0643. The Bertz CT molecular complexity index is 2580. The number of imide groups is 1. The number of aryl methyl sites for hydroxylation is 2. The Kier molecular flexibility index (Phi) is 10.1. The molecule has 2 fully saturated rings. The van der Waals surface area contributed by atoms with Gasteiger partial charge in [0.2, 0.25) is 11.8 Å². The van der Waals surface area contributed by atoms with Crippen LogP contribution in [0.4, 0.5) is 8.78 Å². The largest absolute Gasteiger partial charge is 0.496 e. The van der Waals surface area contributed by atoms with E-state index < -0.39 is 30.5 Å². The van der Waals surface area contributed by atoms with Gasteiger partial charge in [-0.1, -0.05) is 30.3 Å². The number of nitrogens with one attached hydrogen (secondary N) is 1. The molecule has 0 aliphatic carbocycles. The lowest BCUT2D eigenvalue weighted by molar-refractivity contribution is -0.135. The van der Waals surface area contributed by atoms with Crippen LogP contribution in [-0.4, -0.2) is 81.1 Å². The molecule has 304 valence electrons. The maximum Gasteiger partial charge on any atom is 0.329 e. The monoisotopic (exact) mass is 794 g/mol. The van der Waals surface area contributed by atoms with Gasteiger partial charge in [-0.05, 0) is 79.1 Å². The number of hydrogen-bond donors (Lipinski definition) is 1. The summed E-state index contributed by atoms with van der Waals surface area (Å²) in [4.78, 5) is 54.3. The van der Waals surface area contributed by atoms with E-state index in [0.29, 0.717) is 66.1 Å². The number of amides is 2. The van der Waals surface area contributed by atoms with Crippen molar-refractivity contribution in [2.24, 2.45) is 14.1 Å². The van der Waals surface area contributed by atoms with Crippen molar-refractivity contribution in [3.8, 4) is 33.8 Å². The zero-order valence-corrected chi connectivity index (χ0v) is 33.7. The number of carbonyl (C=O) groups excluding carboxylic acids is 2. The first-order valence-corrected chi connectivity index (χ1v) is 19.6. The van der Waals surface area contributed by atoms with Crippen molar-refractivity contribution in [3.63, 3.8) is 0 Å². The van der Waals surface area contributed by atoms with Crippen LogP contribution in [0.15, 0.2) is 64.3 Å². The number of imidazole rings is 1. The van der Waals surface area contributed by atoms with Gasteiger partial charge in [0.05, 0.1) is 43.4 Å². The first kappa shape index (κ1) is 39.2. The fourth-order valence-electron chi connectivity index (χ4n) is 9.28. The lowest BCUT2D eigenvalue weighted by Gasteiger charge is -2.45. The molecule has 5 heterocycles. The van der Waals surface area contributed by atoms with Gasteiger partial charge in [-0.15, -0.1) is 0 Å². The Labute approximate surface area is 334 Å². The summed E-state index contributed by atoms with van der Waals surface area (Å²) in [7, 11) is 6.51. The number of halogens is 2. The topological polar surface area (TPSA) is 120 Å². The van der Waals surface area contributed by atoms with Gasteiger partial charge in [-0.25, -0.2) is 13.6 Å². The van der Waals surface area contributed by atoms with E-state index in [-0.39, 0.29) is 36.5 Å². The van der Waals surface area contributed by atoms with Crippen LogP contribution in [0, 0.1) is 13.8 Å². The molecule has 0 bridgehead atoms. The van der Waals surface area contributed by atoms with Crippen LogP contribution in [0.25, 0.3) is 33.3 Å². The molecule has 3 aliphatic heterocycles. The summed E-state index contributed by atoms with van der Waals surface area (Å²) in [6, 6.07) is 13.7. The molecule has 0 saturated carbocycles. The van der Waals surface area contributed by atoms with Crippen molar-refractivity contribution >= 4 is 22.8 Å². The molecule has 0 radical (unpaired) electrons. The van der Waals surface area contributed by atoms with E-state index in [1.807, 2.05) is 54.3 Å². The molecule has 14 heteroatoms. The molecule has 0 spiro atoms. The van der Waals surface area contributed by atoms with E-state index in [1.165, 1.54) is 4.57 Å². The molecule has 58 heavy (non-hydrogen) atoms. The van der Waals surface area contributed by atoms with E-state index in [0.717, 1.165) is 38.9 Å². The van der Waals surface area contributed by atoms with E-state index >= 15 is 8.78 Å². The highest BCUT2D eigenvalue weighted by molar-refractivity contribution is 6.01. The number of ether oxygens (including phenoxy) is 2. The summed E-state index contributed by atoms with van der Waals surface area (Å²) in [5, 5.41) is 2.36. The molecule has 2 saturated heterocycles. The summed E-state index contributed by atoms with van der Waals surface area (Å²) in [5.74, 6) is -2.74. The molecule has 8 rings (SSSR count). The third-order valence-corrected chi connectivity index (χ3v) is 12.5. The third kappa shape index (κ3) is 6.71. The van der Waals surface area contributed by atoms with E-state index in [9.17, 15) is 19.2 Å². The number of aromatic nitrogens is 3. The van der Waals surface area contributed by atoms with E-state index in [4.69, 9.17) is 9.47 Å². The van der Waals surface area contributed by atoms with Gasteiger partial charge in [-0.2, -0.15) is 0 Å². The summed E-state index contributed by atoms with van der Waals surface area (Å²) >= 11 is 0.